The second-order valence-electron chi connectivity index (χ2n) is 5.01. The van der Waals surface area contributed by atoms with E-state index in [2.05, 4.69) is 5.32 Å². The highest BCUT2D eigenvalue weighted by atomic mass is 32.2. The third-order valence-electron chi connectivity index (χ3n) is 3.71. The molecule has 0 aromatic rings. The zero-order chi connectivity index (χ0) is 13.0. The van der Waals surface area contributed by atoms with Crippen LogP contribution >= 0.6 is 11.8 Å². The largest absolute Gasteiger partial charge is 0.481 e. The van der Waals surface area contributed by atoms with Crippen LogP contribution in [0.3, 0.4) is 0 Å². The molecule has 5 nitrogen and oxygen atoms in total. The summed E-state index contributed by atoms with van der Waals surface area (Å²) >= 11 is 1.97. The molecule has 2 heterocycles. The number of likely N-dealkylation sites (tertiary alicyclic amines) is 1. The van der Waals surface area contributed by atoms with Crippen LogP contribution in [0.15, 0.2) is 0 Å². The summed E-state index contributed by atoms with van der Waals surface area (Å²) in [6.45, 7) is 1.64. The number of hydrogen-bond donors (Lipinski definition) is 2. The molecule has 0 radical (unpaired) electrons. The molecule has 1 atom stereocenters. The SMILES string of the molecule is O=C(O)C1CCN(C(=O)NCC2CCSCC2)C1. The predicted octanol–water partition coefficient (Wildman–Crippen LogP) is 1.25. The van der Waals surface area contributed by atoms with Gasteiger partial charge in [0.05, 0.1) is 5.92 Å². The number of carbonyl (C=O) groups is 2. The number of aliphatic carboxylic acids is 1. The lowest BCUT2D eigenvalue weighted by molar-refractivity contribution is -0.141. The number of urea groups is 1. The van der Waals surface area contributed by atoms with Gasteiger partial charge in [-0.2, -0.15) is 11.8 Å². The number of nitrogens with one attached hydrogen (secondary N) is 1. The van der Waals surface area contributed by atoms with Crippen molar-refractivity contribution in [3.05, 3.63) is 0 Å². The molecule has 6 heteroatoms. The van der Waals surface area contributed by atoms with Crippen molar-refractivity contribution in [1.29, 1.82) is 0 Å². The lowest BCUT2D eigenvalue weighted by Gasteiger charge is -2.23. The fourth-order valence-electron chi connectivity index (χ4n) is 2.44. The van der Waals surface area contributed by atoms with Gasteiger partial charge in [-0.25, -0.2) is 4.79 Å². The van der Waals surface area contributed by atoms with Gasteiger partial charge in [0.1, 0.15) is 0 Å². The third kappa shape index (κ3) is 3.54. The van der Waals surface area contributed by atoms with E-state index in [0.29, 0.717) is 25.4 Å². The van der Waals surface area contributed by atoms with E-state index in [1.54, 1.807) is 4.90 Å². The predicted molar refractivity (Wildman–Crippen MR) is 70.8 cm³/mol. The van der Waals surface area contributed by atoms with Gasteiger partial charge in [-0.05, 0) is 36.7 Å². The Bertz CT molecular complexity index is 318. The first-order valence-corrected chi connectivity index (χ1v) is 7.65. The number of carbonyl (C=O) groups excluding carboxylic acids is 1. The lowest BCUT2D eigenvalue weighted by atomic mass is 10.0. The number of thioether (sulfide) groups is 1. The van der Waals surface area contributed by atoms with Gasteiger partial charge in [-0.15, -0.1) is 0 Å². The van der Waals surface area contributed by atoms with E-state index >= 15 is 0 Å². The molecule has 2 aliphatic heterocycles. The standard InChI is InChI=1S/C12H20N2O3S/c15-11(16)10-1-4-14(8-10)12(17)13-7-9-2-5-18-6-3-9/h9-10H,1-8H2,(H,13,17)(H,15,16). The van der Waals surface area contributed by atoms with Gasteiger partial charge in [0, 0.05) is 19.6 Å². The normalized spacial score (nSPS) is 25.1. The quantitative estimate of drug-likeness (QED) is 0.811. The van der Waals surface area contributed by atoms with Gasteiger partial charge < -0.3 is 15.3 Å². The Morgan fingerprint density at radius 1 is 1.28 bits per heavy atom. The summed E-state index contributed by atoms with van der Waals surface area (Å²) in [6, 6.07) is -0.100. The van der Waals surface area contributed by atoms with Crippen LogP contribution in [0.1, 0.15) is 19.3 Å². The van der Waals surface area contributed by atoms with Crippen molar-refractivity contribution in [2.24, 2.45) is 11.8 Å². The molecule has 2 fully saturated rings. The number of hydrogen-bond acceptors (Lipinski definition) is 3. The molecule has 18 heavy (non-hydrogen) atoms. The molecule has 2 rings (SSSR count). The number of carboxylic acids is 1. The van der Waals surface area contributed by atoms with Crippen molar-refractivity contribution >= 4 is 23.8 Å². The van der Waals surface area contributed by atoms with Gasteiger partial charge in [0.15, 0.2) is 0 Å². The fraction of sp³-hybridized carbons (Fsp3) is 0.833. The fourth-order valence-corrected chi connectivity index (χ4v) is 3.64. The summed E-state index contributed by atoms with van der Waals surface area (Å²) in [5, 5.41) is 11.8. The average molecular weight is 272 g/mol. The van der Waals surface area contributed by atoms with Crippen molar-refractivity contribution in [2.45, 2.75) is 19.3 Å². The Labute approximate surface area is 111 Å². The first-order valence-electron chi connectivity index (χ1n) is 6.50. The van der Waals surface area contributed by atoms with Gasteiger partial charge in [0.25, 0.3) is 0 Å². The highest BCUT2D eigenvalue weighted by molar-refractivity contribution is 7.99. The van der Waals surface area contributed by atoms with Crippen molar-refractivity contribution in [2.75, 3.05) is 31.1 Å². The van der Waals surface area contributed by atoms with E-state index in [0.717, 1.165) is 6.54 Å². The van der Waals surface area contributed by atoms with E-state index in [4.69, 9.17) is 5.11 Å². The molecule has 0 bridgehead atoms. The number of nitrogens with zero attached hydrogens (tertiary/aromatic N) is 1. The second kappa shape index (κ2) is 6.31. The van der Waals surface area contributed by atoms with E-state index in [1.807, 2.05) is 11.8 Å². The molecule has 102 valence electrons. The van der Waals surface area contributed by atoms with Crippen LogP contribution < -0.4 is 5.32 Å². The van der Waals surface area contributed by atoms with Crippen molar-refractivity contribution in [1.82, 2.24) is 10.2 Å². The van der Waals surface area contributed by atoms with Gasteiger partial charge >= 0.3 is 12.0 Å². The van der Waals surface area contributed by atoms with Crippen LogP contribution in [0.25, 0.3) is 0 Å². The molecule has 0 saturated carbocycles. The van der Waals surface area contributed by atoms with Crippen molar-refractivity contribution in [3.8, 4) is 0 Å². The molecule has 2 saturated heterocycles. The van der Waals surface area contributed by atoms with Crippen LogP contribution in [-0.4, -0.2) is 53.1 Å². The monoisotopic (exact) mass is 272 g/mol. The van der Waals surface area contributed by atoms with Crippen molar-refractivity contribution < 1.29 is 14.7 Å². The highest BCUT2D eigenvalue weighted by Crippen LogP contribution is 2.22. The summed E-state index contributed by atoms with van der Waals surface area (Å²) < 4.78 is 0. The first-order chi connectivity index (χ1) is 8.66. The molecule has 1 unspecified atom stereocenters. The lowest BCUT2D eigenvalue weighted by Crippen LogP contribution is -2.41. The first kappa shape index (κ1) is 13.5. The Balaban J connectivity index is 1.70. The molecule has 2 amide bonds. The second-order valence-corrected chi connectivity index (χ2v) is 6.24. The minimum atomic E-state index is -0.797. The number of rotatable bonds is 3. The summed E-state index contributed by atoms with van der Waals surface area (Å²) in [6.07, 6.45) is 2.91. The van der Waals surface area contributed by atoms with Crippen LogP contribution in [0, 0.1) is 11.8 Å². The molecule has 0 spiro atoms. The maximum Gasteiger partial charge on any atom is 0.317 e. The van der Waals surface area contributed by atoms with Gasteiger partial charge in [0.2, 0.25) is 0 Å². The number of carboxylic acid groups (broad SMARTS) is 1. The van der Waals surface area contributed by atoms with Crippen LogP contribution in [0.2, 0.25) is 0 Å². The Morgan fingerprint density at radius 2 is 2.00 bits per heavy atom. The van der Waals surface area contributed by atoms with Gasteiger partial charge in [-0.3, -0.25) is 4.79 Å². The summed E-state index contributed by atoms with van der Waals surface area (Å²) in [7, 11) is 0. The smallest absolute Gasteiger partial charge is 0.317 e. The highest BCUT2D eigenvalue weighted by Gasteiger charge is 2.30. The Morgan fingerprint density at radius 3 is 2.61 bits per heavy atom. The molecule has 0 aliphatic carbocycles. The van der Waals surface area contributed by atoms with E-state index in [9.17, 15) is 9.59 Å². The topological polar surface area (TPSA) is 69.6 Å². The summed E-state index contributed by atoms with van der Waals surface area (Å²) in [5.41, 5.74) is 0. The van der Waals surface area contributed by atoms with Crippen LogP contribution in [0.4, 0.5) is 4.79 Å². The molecule has 2 N–H and O–H groups in total. The number of amides is 2. The van der Waals surface area contributed by atoms with Crippen molar-refractivity contribution in [3.63, 3.8) is 0 Å². The minimum Gasteiger partial charge on any atom is -0.481 e. The zero-order valence-electron chi connectivity index (χ0n) is 10.4. The van der Waals surface area contributed by atoms with E-state index in [1.165, 1.54) is 24.3 Å². The van der Waals surface area contributed by atoms with Gasteiger partial charge in [-0.1, -0.05) is 0 Å². The van der Waals surface area contributed by atoms with E-state index < -0.39 is 5.97 Å². The maximum atomic E-state index is 11.9. The molecule has 2 aliphatic rings. The minimum absolute atomic E-state index is 0.100. The Kier molecular flexibility index (Phi) is 4.74. The third-order valence-corrected chi connectivity index (χ3v) is 4.76. The average Bonchev–Trinajstić information content (AvgIpc) is 2.87. The Hall–Kier alpha value is -0.910. The molecular weight excluding hydrogens is 252 g/mol. The summed E-state index contributed by atoms with van der Waals surface area (Å²) in [4.78, 5) is 24.3. The van der Waals surface area contributed by atoms with E-state index in [-0.39, 0.29) is 11.9 Å². The van der Waals surface area contributed by atoms with Crippen LogP contribution in [0.5, 0.6) is 0 Å². The molecular formula is C12H20N2O3S. The maximum absolute atomic E-state index is 11.9. The zero-order valence-corrected chi connectivity index (χ0v) is 11.2. The molecule has 0 aromatic carbocycles. The van der Waals surface area contributed by atoms with Crippen LogP contribution in [-0.2, 0) is 4.79 Å². The molecule has 0 aromatic heterocycles. The summed E-state index contributed by atoms with van der Waals surface area (Å²) in [5.74, 6) is 1.78.